The van der Waals surface area contributed by atoms with E-state index in [1.54, 1.807) is 12.1 Å². The molecule has 2 rings (SSSR count). The standard InChI is InChI=1S/C15H10F3N3O/c16-15(17,18)11-6-2-4-8-13(11)21-14(22)20-12-7-3-1-5-10(12)9-19/h1-8H,(H2,20,21,22). The van der Waals surface area contributed by atoms with Crippen LogP contribution < -0.4 is 10.6 Å². The number of nitrogens with zero attached hydrogens (tertiary/aromatic N) is 1. The summed E-state index contributed by atoms with van der Waals surface area (Å²) in [7, 11) is 0. The van der Waals surface area contributed by atoms with Gasteiger partial charge in [-0.15, -0.1) is 0 Å². The number of amides is 2. The molecular formula is C15H10F3N3O. The molecule has 0 bridgehead atoms. The average molecular weight is 305 g/mol. The van der Waals surface area contributed by atoms with Gasteiger partial charge in [0.05, 0.1) is 22.5 Å². The van der Waals surface area contributed by atoms with E-state index in [0.29, 0.717) is 0 Å². The molecule has 0 aliphatic carbocycles. The van der Waals surface area contributed by atoms with E-state index >= 15 is 0 Å². The highest BCUT2D eigenvalue weighted by Gasteiger charge is 2.33. The monoisotopic (exact) mass is 305 g/mol. The minimum absolute atomic E-state index is 0.210. The van der Waals surface area contributed by atoms with Gasteiger partial charge in [0.2, 0.25) is 0 Å². The molecule has 0 heterocycles. The fraction of sp³-hybridized carbons (Fsp3) is 0.0667. The van der Waals surface area contributed by atoms with Crippen LogP contribution in [-0.2, 0) is 6.18 Å². The van der Waals surface area contributed by atoms with Gasteiger partial charge in [-0.2, -0.15) is 18.4 Å². The van der Waals surface area contributed by atoms with Crippen molar-refractivity contribution in [3.63, 3.8) is 0 Å². The van der Waals surface area contributed by atoms with Crippen LogP contribution in [0, 0.1) is 11.3 Å². The van der Waals surface area contributed by atoms with Crippen LogP contribution in [0.2, 0.25) is 0 Å². The Kier molecular flexibility index (Phi) is 4.32. The largest absolute Gasteiger partial charge is 0.418 e. The number of urea groups is 1. The van der Waals surface area contributed by atoms with Crippen molar-refractivity contribution in [2.75, 3.05) is 10.6 Å². The molecule has 22 heavy (non-hydrogen) atoms. The number of carbonyl (C=O) groups is 1. The van der Waals surface area contributed by atoms with E-state index in [1.165, 1.54) is 24.3 Å². The number of benzene rings is 2. The summed E-state index contributed by atoms with van der Waals surface area (Å²) in [5.74, 6) is 0. The fourth-order valence-corrected chi connectivity index (χ4v) is 1.80. The van der Waals surface area contributed by atoms with Crippen molar-refractivity contribution in [2.24, 2.45) is 0 Å². The third-order valence-electron chi connectivity index (χ3n) is 2.78. The van der Waals surface area contributed by atoms with E-state index in [1.807, 2.05) is 6.07 Å². The van der Waals surface area contributed by atoms with Gasteiger partial charge in [-0.25, -0.2) is 4.79 Å². The molecule has 0 aromatic heterocycles. The second-order valence-corrected chi connectivity index (χ2v) is 4.28. The van der Waals surface area contributed by atoms with Crippen LogP contribution >= 0.6 is 0 Å². The first-order valence-electron chi connectivity index (χ1n) is 6.15. The molecule has 2 N–H and O–H groups in total. The zero-order valence-electron chi connectivity index (χ0n) is 11.1. The van der Waals surface area contributed by atoms with E-state index in [-0.39, 0.29) is 16.9 Å². The van der Waals surface area contributed by atoms with Gasteiger partial charge < -0.3 is 10.6 Å². The highest BCUT2D eigenvalue weighted by atomic mass is 19.4. The number of para-hydroxylation sites is 2. The van der Waals surface area contributed by atoms with Crippen molar-refractivity contribution >= 4 is 17.4 Å². The topological polar surface area (TPSA) is 64.9 Å². The number of nitrogens with one attached hydrogen (secondary N) is 2. The lowest BCUT2D eigenvalue weighted by Gasteiger charge is -2.14. The molecule has 0 fully saturated rings. The van der Waals surface area contributed by atoms with Gasteiger partial charge in [0, 0.05) is 0 Å². The van der Waals surface area contributed by atoms with Crippen LogP contribution in [0.15, 0.2) is 48.5 Å². The van der Waals surface area contributed by atoms with Crippen LogP contribution in [-0.4, -0.2) is 6.03 Å². The molecule has 0 atom stereocenters. The molecule has 0 saturated carbocycles. The van der Waals surface area contributed by atoms with Crippen molar-refractivity contribution in [3.05, 3.63) is 59.7 Å². The summed E-state index contributed by atoms with van der Waals surface area (Å²) in [5, 5.41) is 13.4. The lowest BCUT2D eigenvalue weighted by Crippen LogP contribution is -2.22. The second kappa shape index (κ2) is 6.18. The van der Waals surface area contributed by atoms with Gasteiger partial charge in [0.15, 0.2) is 0 Å². The molecule has 0 unspecified atom stereocenters. The van der Waals surface area contributed by atoms with Crippen LogP contribution in [0.3, 0.4) is 0 Å². The minimum atomic E-state index is -4.57. The molecule has 0 saturated heterocycles. The van der Waals surface area contributed by atoms with Gasteiger partial charge in [-0.1, -0.05) is 24.3 Å². The fourth-order valence-electron chi connectivity index (χ4n) is 1.80. The zero-order chi connectivity index (χ0) is 16.2. The summed E-state index contributed by atoms with van der Waals surface area (Å²) in [5.41, 5.74) is -0.880. The number of alkyl halides is 3. The third kappa shape index (κ3) is 3.55. The van der Waals surface area contributed by atoms with E-state index in [2.05, 4.69) is 10.6 Å². The van der Waals surface area contributed by atoms with Gasteiger partial charge >= 0.3 is 12.2 Å². The maximum atomic E-state index is 12.8. The predicted octanol–water partition coefficient (Wildman–Crippen LogP) is 4.22. The number of hydrogen-bond acceptors (Lipinski definition) is 2. The predicted molar refractivity (Wildman–Crippen MR) is 75.2 cm³/mol. The molecule has 0 radical (unpaired) electrons. The van der Waals surface area contributed by atoms with Crippen molar-refractivity contribution in [2.45, 2.75) is 6.18 Å². The Balaban J connectivity index is 2.19. The molecule has 2 amide bonds. The Bertz CT molecular complexity index is 735. The average Bonchev–Trinajstić information content (AvgIpc) is 2.47. The van der Waals surface area contributed by atoms with Gasteiger partial charge in [-0.3, -0.25) is 0 Å². The second-order valence-electron chi connectivity index (χ2n) is 4.28. The highest BCUT2D eigenvalue weighted by Crippen LogP contribution is 2.34. The number of rotatable bonds is 2. The molecule has 2 aromatic rings. The quantitative estimate of drug-likeness (QED) is 0.872. The van der Waals surface area contributed by atoms with Crippen molar-refractivity contribution < 1.29 is 18.0 Å². The first-order valence-corrected chi connectivity index (χ1v) is 6.15. The SMILES string of the molecule is N#Cc1ccccc1NC(=O)Nc1ccccc1C(F)(F)F. The first kappa shape index (κ1) is 15.4. The van der Waals surface area contributed by atoms with Crippen molar-refractivity contribution in [1.29, 1.82) is 5.26 Å². The summed E-state index contributed by atoms with van der Waals surface area (Å²) in [6.45, 7) is 0. The summed E-state index contributed by atoms with van der Waals surface area (Å²) in [4.78, 5) is 11.8. The number of hydrogen-bond donors (Lipinski definition) is 2. The molecule has 0 aliphatic heterocycles. The molecule has 4 nitrogen and oxygen atoms in total. The Labute approximate surface area is 124 Å². The molecule has 0 spiro atoms. The van der Waals surface area contributed by atoms with E-state index < -0.39 is 17.8 Å². The van der Waals surface area contributed by atoms with E-state index in [9.17, 15) is 18.0 Å². The van der Waals surface area contributed by atoms with Crippen LogP contribution in [0.5, 0.6) is 0 Å². The van der Waals surface area contributed by atoms with Gasteiger partial charge in [0.25, 0.3) is 0 Å². The van der Waals surface area contributed by atoms with Crippen LogP contribution in [0.1, 0.15) is 11.1 Å². The van der Waals surface area contributed by atoms with E-state index in [0.717, 1.165) is 12.1 Å². The first-order chi connectivity index (χ1) is 10.4. The van der Waals surface area contributed by atoms with E-state index in [4.69, 9.17) is 5.26 Å². The molecule has 2 aromatic carbocycles. The minimum Gasteiger partial charge on any atom is -0.307 e. The number of anilines is 2. The lowest BCUT2D eigenvalue weighted by atomic mass is 10.1. The number of halogens is 3. The van der Waals surface area contributed by atoms with Crippen LogP contribution in [0.4, 0.5) is 29.3 Å². The Morgan fingerprint density at radius 2 is 1.50 bits per heavy atom. The molecular weight excluding hydrogens is 295 g/mol. The summed E-state index contributed by atoms with van der Waals surface area (Å²) in [6.07, 6.45) is -4.57. The van der Waals surface area contributed by atoms with Crippen LogP contribution in [0.25, 0.3) is 0 Å². The number of nitriles is 1. The highest BCUT2D eigenvalue weighted by molar-refractivity contribution is 6.01. The normalized spacial score (nSPS) is 10.6. The lowest BCUT2D eigenvalue weighted by molar-refractivity contribution is -0.136. The van der Waals surface area contributed by atoms with Crippen molar-refractivity contribution in [3.8, 4) is 6.07 Å². The van der Waals surface area contributed by atoms with Gasteiger partial charge in [0.1, 0.15) is 6.07 Å². The molecule has 0 aliphatic rings. The van der Waals surface area contributed by atoms with Gasteiger partial charge in [-0.05, 0) is 24.3 Å². The third-order valence-corrected chi connectivity index (χ3v) is 2.78. The summed E-state index contributed by atoms with van der Waals surface area (Å²) < 4.78 is 38.5. The smallest absolute Gasteiger partial charge is 0.307 e. The summed E-state index contributed by atoms with van der Waals surface area (Å²) >= 11 is 0. The Morgan fingerprint density at radius 1 is 0.955 bits per heavy atom. The Morgan fingerprint density at radius 3 is 2.14 bits per heavy atom. The molecule has 7 heteroatoms. The number of carbonyl (C=O) groups excluding carboxylic acids is 1. The van der Waals surface area contributed by atoms with Crippen molar-refractivity contribution in [1.82, 2.24) is 0 Å². The summed E-state index contributed by atoms with van der Waals surface area (Å²) in [6, 6.07) is 11.8. The maximum absolute atomic E-state index is 12.8. The Hall–Kier alpha value is -3.01. The maximum Gasteiger partial charge on any atom is 0.418 e. The zero-order valence-corrected chi connectivity index (χ0v) is 11.1. The molecule has 112 valence electrons.